The highest BCUT2D eigenvalue weighted by atomic mass is 16.3. The molecule has 0 aromatic carbocycles. The van der Waals surface area contributed by atoms with E-state index < -0.39 is 6.10 Å². The van der Waals surface area contributed by atoms with Crippen LogP contribution in [-0.2, 0) is 4.79 Å². The molecule has 5 N–H and O–H groups in total. The van der Waals surface area contributed by atoms with E-state index in [2.05, 4.69) is 4.90 Å². The zero-order valence-electron chi connectivity index (χ0n) is 9.06. The molecule has 0 radical (unpaired) electrons. The molecule has 1 rings (SSSR count). The number of primary amides is 1. The Labute approximate surface area is 90.4 Å². The molecule has 0 bridgehead atoms. The summed E-state index contributed by atoms with van der Waals surface area (Å²) in [7, 11) is 0. The third kappa shape index (κ3) is 4.59. The fourth-order valence-corrected chi connectivity index (χ4v) is 2.03. The van der Waals surface area contributed by atoms with Crippen LogP contribution in [0.5, 0.6) is 0 Å². The molecule has 15 heavy (non-hydrogen) atoms. The van der Waals surface area contributed by atoms with Gasteiger partial charge in [-0.15, -0.1) is 0 Å². The van der Waals surface area contributed by atoms with Gasteiger partial charge < -0.3 is 21.5 Å². The number of likely N-dealkylation sites (tertiary alicyclic amines) is 1. The van der Waals surface area contributed by atoms with Gasteiger partial charge in [0.25, 0.3) is 0 Å². The van der Waals surface area contributed by atoms with E-state index in [0.717, 1.165) is 25.9 Å². The Morgan fingerprint density at radius 1 is 1.47 bits per heavy atom. The Morgan fingerprint density at radius 2 is 2.07 bits per heavy atom. The number of aliphatic hydroxyl groups excluding tert-OH is 1. The SMILES string of the molecule is NCC(O)CN1CCC(CC(N)=O)CC1. The van der Waals surface area contributed by atoms with Crippen LogP contribution in [0.1, 0.15) is 19.3 Å². The van der Waals surface area contributed by atoms with Gasteiger partial charge in [0.1, 0.15) is 0 Å². The van der Waals surface area contributed by atoms with E-state index in [-0.39, 0.29) is 5.91 Å². The summed E-state index contributed by atoms with van der Waals surface area (Å²) in [5.74, 6) is 0.212. The largest absolute Gasteiger partial charge is 0.390 e. The lowest BCUT2D eigenvalue weighted by molar-refractivity contribution is -0.119. The number of carbonyl (C=O) groups excluding carboxylic acids is 1. The molecule has 1 unspecified atom stereocenters. The molecule has 1 saturated heterocycles. The van der Waals surface area contributed by atoms with Crippen molar-refractivity contribution in [2.24, 2.45) is 17.4 Å². The van der Waals surface area contributed by atoms with Gasteiger partial charge in [0.05, 0.1) is 6.10 Å². The Hall–Kier alpha value is -0.650. The third-order valence-electron chi connectivity index (χ3n) is 2.94. The van der Waals surface area contributed by atoms with Crippen molar-refractivity contribution in [1.29, 1.82) is 0 Å². The summed E-state index contributed by atoms with van der Waals surface area (Å²) in [5, 5.41) is 9.38. The monoisotopic (exact) mass is 215 g/mol. The molecule has 1 amide bonds. The van der Waals surface area contributed by atoms with Gasteiger partial charge in [-0.1, -0.05) is 0 Å². The molecule has 1 fully saturated rings. The van der Waals surface area contributed by atoms with E-state index in [1.54, 1.807) is 0 Å². The topological polar surface area (TPSA) is 92.6 Å². The second-order valence-electron chi connectivity index (χ2n) is 4.30. The van der Waals surface area contributed by atoms with E-state index in [1.165, 1.54) is 0 Å². The zero-order chi connectivity index (χ0) is 11.3. The fraction of sp³-hybridized carbons (Fsp3) is 0.900. The number of nitrogens with zero attached hydrogens (tertiary/aromatic N) is 1. The quantitative estimate of drug-likeness (QED) is 0.542. The molecule has 1 aliphatic rings. The van der Waals surface area contributed by atoms with Crippen LogP contribution >= 0.6 is 0 Å². The zero-order valence-corrected chi connectivity index (χ0v) is 9.06. The Balaban J connectivity index is 2.20. The number of piperidine rings is 1. The Kier molecular flexibility index (Phi) is 5.01. The molecule has 0 aromatic rings. The third-order valence-corrected chi connectivity index (χ3v) is 2.94. The highest BCUT2D eigenvalue weighted by Gasteiger charge is 2.21. The molecule has 88 valence electrons. The number of carbonyl (C=O) groups is 1. The van der Waals surface area contributed by atoms with Crippen LogP contribution in [0, 0.1) is 5.92 Å². The average molecular weight is 215 g/mol. The van der Waals surface area contributed by atoms with Gasteiger partial charge in [-0.3, -0.25) is 4.79 Å². The van der Waals surface area contributed by atoms with Crippen LogP contribution in [0.15, 0.2) is 0 Å². The summed E-state index contributed by atoms with van der Waals surface area (Å²) < 4.78 is 0. The van der Waals surface area contributed by atoms with Crippen LogP contribution in [0.2, 0.25) is 0 Å². The number of nitrogens with two attached hydrogens (primary N) is 2. The average Bonchev–Trinajstić information content (AvgIpc) is 2.20. The lowest BCUT2D eigenvalue weighted by Crippen LogP contribution is -2.41. The summed E-state index contributed by atoms with van der Waals surface area (Å²) in [6.07, 6.45) is 2.03. The lowest BCUT2D eigenvalue weighted by atomic mass is 9.93. The van der Waals surface area contributed by atoms with Gasteiger partial charge in [0.2, 0.25) is 5.91 Å². The number of aliphatic hydroxyl groups is 1. The van der Waals surface area contributed by atoms with Crippen molar-refractivity contribution in [3.8, 4) is 0 Å². The minimum Gasteiger partial charge on any atom is -0.390 e. The van der Waals surface area contributed by atoms with Crippen molar-refractivity contribution in [2.75, 3.05) is 26.2 Å². The van der Waals surface area contributed by atoms with Crippen LogP contribution < -0.4 is 11.5 Å². The molecule has 1 atom stereocenters. The van der Waals surface area contributed by atoms with E-state index in [9.17, 15) is 9.90 Å². The maximum absolute atomic E-state index is 10.7. The van der Waals surface area contributed by atoms with Crippen molar-refractivity contribution < 1.29 is 9.90 Å². The molecular weight excluding hydrogens is 194 g/mol. The number of hydrogen-bond donors (Lipinski definition) is 3. The van der Waals surface area contributed by atoms with Gasteiger partial charge in [-0.2, -0.15) is 0 Å². The van der Waals surface area contributed by atoms with E-state index in [1.807, 2.05) is 0 Å². The fourth-order valence-electron chi connectivity index (χ4n) is 2.03. The first-order valence-electron chi connectivity index (χ1n) is 5.50. The number of rotatable bonds is 5. The second kappa shape index (κ2) is 6.05. The van der Waals surface area contributed by atoms with Crippen molar-refractivity contribution in [1.82, 2.24) is 4.90 Å². The molecule has 0 saturated carbocycles. The highest BCUT2D eigenvalue weighted by Crippen LogP contribution is 2.19. The Bertz CT molecular complexity index is 203. The first-order valence-corrected chi connectivity index (χ1v) is 5.50. The van der Waals surface area contributed by atoms with Crippen molar-refractivity contribution >= 4 is 5.91 Å². The van der Waals surface area contributed by atoms with Gasteiger partial charge in [0, 0.05) is 19.5 Å². The van der Waals surface area contributed by atoms with Gasteiger partial charge in [0.15, 0.2) is 0 Å². The molecule has 5 nitrogen and oxygen atoms in total. The first-order chi connectivity index (χ1) is 7.11. The maximum atomic E-state index is 10.7. The van der Waals surface area contributed by atoms with E-state index in [4.69, 9.17) is 11.5 Å². The summed E-state index contributed by atoms with van der Waals surface area (Å²) in [6, 6.07) is 0. The van der Waals surface area contributed by atoms with E-state index >= 15 is 0 Å². The number of amides is 1. The Morgan fingerprint density at radius 3 is 2.53 bits per heavy atom. The van der Waals surface area contributed by atoms with Crippen LogP contribution in [0.4, 0.5) is 0 Å². The molecule has 1 aliphatic heterocycles. The smallest absolute Gasteiger partial charge is 0.217 e. The normalized spacial score (nSPS) is 21.5. The van der Waals surface area contributed by atoms with Crippen LogP contribution in [-0.4, -0.2) is 48.2 Å². The molecule has 0 aromatic heterocycles. The summed E-state index contributed by atoms with van der Waals surface area (Å²) in [5.41, 5.74) is 10.5. The van der Waals surface area contributed by atoms with Gasteiger partial charge in [-0.25, -0.2) is 0 Å². The highest BCUT2D eigenvalue weighted by molar-refractivity contribution is 5.73. The van der Waals surface area contributed by atoms with Crippen molar-refractivity contribution in [3.05, 3.63) is 0 Å². The summed E-state index contributed by atoms with van der Waals surface area (Å²) >= 11 is 0. The molecule has 1 heterocycles. The molecule has 0 spiro atoms. The standard InChI is InChI=1S/C10H21N3O2/c11-6-9(14)7-13-3-1-8(2-4-13)5-10(12)15/h8-9,14H,1-7,11H2,(H2,12,15). The predicted octanol–water partition coefficient (Wildman–Crippen LogP) is -1.11. The molecular formula is C10H21N3O2. The van der Waals surface area contributed by atoms with Crippen LogP contribution in [0.25, 0.3) is 0 Å². The maximum Gasteiger partial charge on any atom is 0.217 e. The van der Waals surface area contributed by atoms with Gasteiger partial charge >= 0.3 is 0 Å². The van der Waals surface area contributed by atoms with Gasteiger partial charge in [-0.05, 0) is 31.8 Å². The lowest BCUT2D eigenvalue weighted by Gasteiger charge is -2.32. The van der Waals surface area contributed by atoms with Crippen LogP contribution in [0.3, 0.4) is 0 Å². The molecule has 0 aliphatic carbocycles. The second-order valence-corrected chi connectivity index (χ2v) is 4.30. The van der Waals surface area contributed by atoms with Crippen molar-refractivity contribution in [3.63, 3.8) is 0 Å². The first kappa shape index (κ1) is 12.4. The predicted molar refractivity (Wildman–Crippen MR) is 58.0 cm³/mol. The minimum atomic E-state index is -0.433. The number of hydrogen-bond acceptors (Lipinski definition) is 4. The number of β-amino-alcohol motifs (C(OH)–C–C–N with tert-alkyl or cyclic N) is 1. The van der Waals surface area contributed by atoms with E-state index in [0.29, 0.717) is 25.4 Å². The molecule has 5 heteroatoms. The summed E-state index contributed by atoms with van der Waals surface area (Å²) in [6.45, 7) is 2.80. The summed E-state index contributed by atoms with van der Waals surface area (Å²) in [4.78, 5) is 12.9. The van der Waals surface area contributed by atoms with Crippen molar-refractivity contribution in [2.45, 2.75) is 25.4 Å². The minimum absolute atomic E-state index is 0.213.